The largest absolute Gasteiger partial charge is 0.480 e. The molecule has 0 bridgehead atoms. The molecule has 1 heterocycles. The predicted molar refractivity (Wildman–Crippen MR) is 50.7 cm³/mol. The van der Waals surface area contributed by atoms with Crippen LogP contribution in [0.2, 0.25) is 0 Å². The number of carboxylic acids is 1. The highest BCUT2D eigenvalue weighted by Gasteiger charge is 2.25. The van der Waals surface area contributed by atoms with Gasteiger partial charge in [-0.15, -0.1) is 11.8 Å². The van der Waals surface area contributed by atoms with Gasteiger partial charge in [0.05, 0.1) is 5.25 Å². The Balaban J connectivity index is 2.35. The molecule has 1 saturated heterocycles. The van der Waals surface area contributed by atoms with Crippen molar-refractivity contribution < 1.29 is 14.7 Å². The number of carboxylic acid groups (broad SMARTS) is 1. The number of hydrogen-bond donors (Lipinski definition) is 2. The third-order valence-corrected chi connectivity index (χ3v) is 3.33. The highest BCUT2D eigenvalue weighted by atomic mass is 32.2. The minimum Gasteiger partial charge on any atom is -0.480 e. The normalized spacial score (nSPS) is 23.9. The van der Waals surface area contributed by atoms with Gasteiger partial charge in [-0.2, -0.15) is 0 Å². The molecule has 0 aromatic rings. The highest BCUT2D eigenvalue weighted by Crippen LogP contribution is 2.26. The molecule has 5 heteroatoms. The predicted octanol–water partition coefficient (Wildman–Crippen LogP) is 0.471. The maximum atomic E-state index is 11.4. The lowest BCUT2D eigenvalue weighted by atomic mass is 10.2. The summed E-state index contributed by atoms with van der Waals surface area (Å²) in [4.78, 5) is 21.8. The van der Waals surface area contributed by atoms with Crippen molar-refractivity contribution in [1.29, 1.82) is 0 Å². The molecule has 0 radical (unpaired) electrons. The third kappa shape index (κ3) is 2.91. The fourth-order valence-electron chi connectivity index (χ4n) is 1.15. The van der Waals surface area contributed by atoms with Crippen LogP contribution in [-0.4, -0.2) is 34.0 Å². The van der Waals surface area contributed by atoms with Crippen LogP contribution in [0, 0.1) is 0 Å². The first-order valence-corrected chi connectivity index (χ1v) is 5.31. The fraction of sp³-hybridized carbons (Fsp3) is 0.750. The number of thioether (sulfide) groups is 1. The molecule has 13 heavy (non-hydrogen) atoms. The Morgan fingerprint density at radius 2 is 2.31 bits per heavy atom. The van der Waals surface area contributed by atoms with Crippen molar-refractivity contribution in [3.63, 3.8) is 0 Å². The van der Waals surface area contributed by atoms with E-state index in [1.54, 1.807) is 11.8 Å². The Morgan fingerprint density at radius 3 is 2.77 bits per heavy atom. The summed E-state index contributed by atoms with van der Waals surface area (Å²) >= 11 is 1.60. The quantitative estimate of drug-likeness (QED) is 0.699. The van der Waals surface area contributed by atoms with Gasteiger partial charge in [0.15, 0.2) is 0 Å². The minimum atomic E-state index is -0.989. The number of amides is 1. The van der Waals surface area contributed by atoms with Crippen LogP contribution in [0.3, 0.4) is 0 Å². The smallest absolute Gasteiger partial charge is 0.325 e. The minimum absolute atomic E-state index is 0.0400. The summed E-state index contributed by atoms with van der Waals surface area (Å²) < 4.78 is 0. The van der Waals surface area contributed by atoms with Crippen LogP contribution in [0.4, 0.5) is 0 Å². The molecule has 0 aromatic carbocycles. The molecular formula is C8H13NO3S. The van der Waals surface area contributed by atoms with Crippen molar-refractivity contribution in [1.82, 2.24) is 5.32 Å². The standard InChI is InChI=1S/C8H13NO3S/c1-5(8(11)12)9-7(10)6-3-2-4-13-6/h5-6H,2-4H2,1H3,(H,9,10)(H,11,12). The van der Waals surface area contributed by atoms with Gasteiger partial charge in [-0.3, -0.25) is 9.59 Å². The van der Waals surface area contributed by atoms with Crippen LogP contribution in [0.25, 0.3) is 0 Å². The molecular weight excluding hydrogens is 190 g/mol. The number of aliphatic carboxylic acids is 1. The Bertz CT molecular complexity index is 213. The summed E-state index contributed by atoms with van der Waals surface area (Å²) in [5, 5.41) is 11.0. The topological polar surface area (TPSA) is 66.4 Å². The van der Waals surface area contributed by atoms with E-state index in [9.17, 15) is 9.59 Å². The van der Waals surface area contributed by atoms with Crippen molar-refractivity contribution in [3.8, 4) is 0 Å². The molecule has 0 aliphatic carbocycles. The lowest BCUT2D eigenvalue weighted by Gasteiger charge is -2.12. The summed E-state index contributed by atoms with van der Waals surface area (Å²) in [5.74, 6) is -0.131. The summed E-state index contributed by atoms with van der Waals surface area (Å²) in [6, 6.07) is -0.784. The van der Waals surface area contributed by atoms with Gasteiger partial charge >= 0.3 is 5.97 Å². The second kappa shape index (κ2) is 4.50. The molecule has 1 aliphatic rings. The van der Waals surface area contributed by atoms with E-state index < -0.39 is 12.0 Å². The molecule has 1 amide bonds. The molecule has 1 rings (SSSR count). The van der Waals surface area contributed by atoms with Gasteiger partial charge in [0.1, 0.15) is 6.04 Å². The fourth-order valence-corrected chi connectivity index (χ4v) is 2.32. The molecule has 2 N–H and O–H groups in total. The lowest BCUT2D eigenvalue weighted by Crippen LogP contribution is -2.42. The Labute approximate surface area is 81.1 Å². The molecule has 2 atom stereocenters. The van der Waals surface area contributed by atoms with E-state index in [1.165, 1.54) is 6.92 Å². The van der Waals surface area contributed by atoms with E-state index in [0.29, 0.717) is 0 Å². The zero-order valence-electron chi connectivity index (χ0n) is 7.45. The Hall–Kier alpha value is -0.710. The maximum absolute atomic E-state index is 11.4. The zero-order valence-corrected chi connectivity index (χ0v) is 8.26. The lowest BCUT2D eigenvalue weighted by molar-refractivity contribution is -0.141. The summed E-state index contributed by atoms with van der Waals surface area (Å²) in [7, 11) is 0. The number of carbonyl (C=O) groups excluding carboxylic acids is 1. The average molecular weight is 203 g/mol. The van der Waals surface area contributed by atoms with Gasteiger partial charge in [-0.1, -0.05) is 0 Å². The zero-order chi connectivity index (χ0) is 9.84. The van der Waals surface area contributed by atoms with E-state index in [1.807, 2.05) is 0 Å². The molecule has 74 valence electrons. The van der Waals surface area contributed by atoms with Gasteiger partial charge < -0.3 is 10.4 Å². The van der Waals surface area contributed by atoms with E-state index in [0.717, 1.165) is 18.6 Å². The van der Waals surface area contributed by atoms with E-state index >= 15 is 0 Å². The van der Waals surface area contributed by atoms with Crippen molar-refractivity contribution in [3.05, 3.63) is 0 Å². The first-order chi connectivity index (χ1) is 6.11. The number of rotatable bonds is 3. The summed E-state index contributed by atoms with van der Waals surface area (Å²) in [5.41, 5.74) is 0. The molecule has 0 saturated carbocycles. The van der Waals surface area contributed by atoms with Gasteiger partial charge in [0.2, 0.25) is 5.91 Å². The third-order valence-electron chi connectivity index (χ3n) is 1.95. The van der Waals surface area contributed by atoms with Gasteiger partial charge in [0, 0.05) is 0 Å². The monoisotopic (exact) mass is 203 g/mol. The van der Waals surface area contributed by atoms with Gasteiger partial charge in [0.25, 0.3) is 0 Å². The van der Waals surface area contributed by atoms with Gasteiger partial charge in [-0.25, -0.2) is 0 Å². The van der Waals surface area contributed by atoms with Crippen LogP contribution < -0.4 is 5.32 Å². The van der Waals surface area contributed by atoms with Crippen LogP contribution in [0.1, 0.15) is 19.8 Å². The average Bonchev–Trinajstić information content (AvgIpc) is 2.55. The number of nitrogens with one attached hydrogen (secondary N) is 1. The molecule has 0 aromatic heterocycles. The van der Waals surface area contributed by atoms with Crippen molar-refractivity contribution in [2.75, 3.05) is 5.75 Å². The van der Waals surface area contributed by atoms with Crippen molar-refractivity contribution in [2.45, 2.75) is 31.1 Å². The summed E-state index contributed by atoms with van der Waals surface area (Å²) in [6.07, 6.45) is 1.91. The molecule has 0 spiro atoms. The summed E-state index contributed by atoms with van der Waals surface area (Å²) in [6.45, 7) is 1.47. The Morgan fingerprint density at radius 1 is 1.62 bits per heavy atom. The molecule has 2 unspecified atom stereocenters. The molecule has 1 aliphatic heterocycles. The maximum Gasteiger partial charge on any atom is 0.325 e. The molecule has 1 fully saturated rings. The van der Waals surface area contributed by atoms with Crippen LogP contribution >= 0.6 is 11.8 Å². The van der Waals surface area contributed by atoms with Crippen LogP contribution in [0.5, 0.6) is 0 Å². The van der Waals surface area contributed by atoms with E-state index in [2.05, 4.69) is 5.32 Å². The van der Waals surface area contributed by atoms with E-state index in [4.69, 9.17) is 5.11 Å². The molecule has 4 nitrogen and oxygen atoms in total. The highest BCUT2D eigenvalue weighted by molar-refractivity contribution is 8.00. The number of carbonyl (C=O) groups is 2. The van der Waals surface area contributed by atoms with Crippen LogP contribution in [-0.2, 0) is 9.59 Å². The van der Waals surface area contributed by atoms with Crippen LogP contribution in [0.15, 0.2) is 0 Å². The Kier molecular flexibility index (Phi) is 3.59. The first kappa shape index (κ1) is 10.4. The van der Waals surface area contributed by atoms with Gasteiger partial charge in [-0.05, 0) is 25.5 Å². The van der Waals surface area contributed by atoms with E-state index in [-0.39, 0.29) is 11.2 Å². The number of hydrogen-bond acceptors (Lipinski definition) is 3. The first-order valence-electron chi connectivity index (χ1n) is 4.26. The SMILES string of the molecule is CC(NC(=O)C1CCCS1)C(=O)O. The van der Waals surface area contributed by atoms with Crippen molar-refractivity contribution >= 4 is 23.6 Å². The van der Waals surface area contributed by atoms with Crippen molar-refractivity contribution in [2.24, 2.45) is 0 Å². The second-order valence-electron chi connectivity index (χ2n) is 3.07. The second-order valence-corrected chi connectivity index (χ2v) is 4.38.